The molecule has 2 heterocycles. The molecule has 1 aliphatic heterocycles. The van der Waals surface area contributed by atoms with Crippen LogP contribution in [0, 0.1) is 0 Å². The summed E-state index contributed by atoms with van der Waals surface area (Å²) in [7, 11) is 0. The van der Waals surface area contributed by atoms with Crippen molar-refractivity contribution in [2.24, 2.45) is 0 Å². The first-order valence-electron chi connectivity index (χ1n) is 9.73. The standard InChI is InChI=1S/C22H24N4OS/c1-28-19-9-6-5-8-18(19)22(27)23-17-13-11-16(12-14-17)21-25-24-20-10-4-2-3-7-15-26(20)21/h5-6,8-9,11-14H,2-4,7,10,15H2,1H3,(H,23,27). The Kier molecular flexibility index (Phi) is 5.76. The largest absolute Gasteiger partial charge is 0.322 e. The van der Waals surface area contributed by atoms with Gasteiger partial charge < -0.3 is 9.88 Å². The van der Waals surface area contributed by atoms with Gasteiger partial charge in [0.2, 0.25) is 0 Å². The molecule has 0 spiro atoms. The van der Waals surface area contributed by atoms with Crippen molar-refractivity contribution in [3.05, 3.63) is 59.9 Å². The summed E-state index contributed by atoms with van der Waals surface area (Å²) in [5.41, 5.74) is 2.50. The highest BCUT2D eigenvalue weighted by molar-refractivity contribution is 7.98. The number of rotatable bonds is 4. The Balaban J connectivity index is 1.52. The summed E-state index contributed by atoms with van der Waals surface area (Å²) in [5, 5.41) is 11.8. The lowest BCUT2D eigenvalue weighted by Crippen LogP contribution is -2.13. The highest BCUT2D eigenvalue weighted by atomic mass is 32.2. The van der Waals surface area contributed by atoms with Crippen molar-refractivity contribution >= 4 is 23.4 Å². The summed E-state index contributed by atoms with van der Waals surface area (Å²) < 4.78 is 2.25. The number of fused-ring (bicyclic) bond motifs is 1. The molecule has 0 fully saturated rings. The van der Waals surface area contributed by atoms with Gasteiger partial charge in [-0.05, 0) is 55.5 Å². The molecule has 28 heavy (non-hydrogen) atoms. The van der Waals surface area contributed by atoms with Crippen molar-refractivity contribution in [3.8, 4) is 11.4 Å². The van der Waals surface area contributed by atoms with Gasteiger partial charge in [-0.25, -0.2) is 0 Å². The average molecular weight is 393 g/mol. The third kappa shape index (κ3) is 3.97. The molecule has 0 unspecified atom stereocenters. The van der Waals surface area contributed by atoms with Crippen molar-refractivity contribution in [3.63, 3.8) is 0 Å². The fourth-order valence-corrected chi connectivity index (χ4v) is 4.20. The van der Waals surface area contributed by atoms with Gasteiger partial charge in [-0.2, -0.15) is 0 Å². The number of hydrogen-bond acceptors (Lipinski definition) is 4. The number of carbonyl (C=O) groups excluding carboxylic acids is 1. The van der Waals surface area contributed by atoms with Crippen LogP contribution in [0.25, 0.3) is 11.4 Å². The third-order valence-corrected chi connectivity index (χ3v) is 5.91. The van der Waals surface area contributed by atoms with E-state index in [0.717, 1.165) is 40.8 Å². The van der Waals surface area contributed by atoms with Crippen LogP contribution in [0.5, 0.6) is 0 Å². The molecule has 0 atom stereocenters. The Morgan fingerprint density at radius 1 is 1.00 bits per heavy atom. The average Bonchev–Trinajstić information content (AvgIpc) is 3.10. The monoisotopic (exact) mass is 392 g/mol. The number of nitrogens with one attached hydrogen (secondary N) is 1. The number of carbonyl (C=O) groups is 1. The van der Waals surface area contributed by atoms with E-state index in [-0.39, 0.29) is 5.91 Å². The molecule has 0 bridgehead atoms. The zero-order chi connectivity index (χ0) is 19.3. The Morgan fingerprint density at radius 2 is 1.79 bits per heavy atom. The molecule has 0 saturated heterocycles. The predicted molar refractivity (Wildman–Crippen MR) is 114 cm³/mol. The van der Waals surface area contributed by atoms with Crippen LogP contribution in [0.4, 0.5) is 5.69 Å². The summed E-state index contributed by atoms with van der Waals surface area (Å²) in [6, 6.07) is 15.5. The maximum atomic E-state index is 12.6. The Morgan fingerprint density at radius 3 is 2.61 bits per heavy atom. The van der Waals surface area contributed by atoms with Gasteiger partial charge in [-0.15, -0.1) is 22.0 Å². The second-order valence-electron chi connectivity index (χ2n) is 6.99. The van der Waals surface area contributed by atoms with Crippen LogP contribution in [-0.2, 0) is 13.0 Å². The molecule has 1 amide bonds. The first kappa shape index (κ1) is 18.7. The molecule has 4 rings (SSSR count). The van der Waals surface area contributed by atoms with Gasteiger partial charge in [0.05, 0.1) is 5.56 Å². The number of anilines is 1. The first-order chi connectivity index (χ1) is 13.8. The Labute approximate surface area is 169 Å². The molecule has 0 aliphatic carbocycles. The Bertz CT molecular complexity index is 965. The second-order valence-corrected chi connectivity index (χ2v) is 7.84. The van der Waals surface area contributed by atoms with Gasteiger partial charge in [-0.1, -0.05) is 25.0 Å². The highest BCUT2D eigenvalue weighted by Gasteiger charge is 2.16. The zero-order valence-electron chi connectivity index (χ0n) is 16.0. The fraction of sp³-hybridized carbons (Fsp3) is 0.318. The smallest absolute Gasteiger partial charge is 0.256 e. The minimum atomic E-state index is -0.0923. The van der Waals surface area contributed by atoms with E-state index in [1.54, 1.807) is 11.8 Å². The van der Waals surface area contributed by atoms with Crippen molar-refractivity contribution < 1.29 is 4.79 Å². The maximum Gasteiger partial charge on any atom is 0.256 e. The van der Waals surface area contributed by atoms with Crippen LogP contribution < -0.4 is 5.32 Å². The van der Waals surface area contributed by atoms with Crippen LogP contribution in [-0.4, -0.2) is 26.9 Å². The SMILES string of the molecule is CSc1ccccc1C(=O)Nc1ccc(-c2nnc3n2CCCCCC3)cc1. The molecule has 3 aromatic rings. The van der Waals surface area contributed by atoms with Gasteiger partial charge in [0.15, 0.2) is 5.82 Å². The van der Waals surface area contributed by atoms with Crippen LogP contribution in [0.15, 0.2) is 53.4 Å². The molecular formula is C22H24N4OS. The van der Waals surface area contributed by atoms with Gasteiger partial charge in [0, 0.05) is 29.1 Å². The molecular weight excluding hydrogens is 368 g/mol. The minimum absolute atomic E-state index is 0.0923. The van der Waals surface area contributed by atoms with Crippen molar-refractivity contribution in [2.75, 3.05) is 11.6 Å². The van der Waals surface area contributed by atoms with E-state index in [2.05, 4.69) is 20.1 Å². The van der Waals surface area contributed by atoms with Gasteiger partial charge in [-0.3, -0.25) is 4.79 Å². The summed E-state index contributed by atoms with van der Waals surface area (Å²) >= 11 is 1.57. The number of aromatic nitrogens is 3. The number of hydrogen-bond donors (Lipinski definition) is 1. The lowest BCUT2D eigenvalue weighted by molar-refractivity contribution is 0.102. The van der Waals surface area contributed by atoms with E-state index in [9.17, 15) is 4.79 Å². The van der Waals surface area contributed by atoms with Gasteiger partial charge >= 0.3 is 0 Å². The molecule has 2 aromatic carbocycles. The number of aryl methyl sites for hydroxylation is 1. The molecule has 1 N–H and O–H groups in total. The molecule has 5 nitrogen and oxygen atoms in total. The van der Waals surface area contributed by atoms with Gasteiger partial charge in [0.1, 0.15) is 5.82 Å². The van der Waals surface area contributed by atoms with Crippen molar-refractivity contribution in [1.82, 2.24) is 14.8 Å². The van der Waals surface area contributed by atoms with Crippen molar-refractivity contribution in [1.29, 1.82) is 0 Å². The zero-order valence-corrected chi connectivity index (χ0v) is 16.8. The first-order valence-corrected chi connectivity index (χ1v) is 11.0. The molecule has 144 valence electrons. The summed E-state index contributed by atoms with van der Waals surface area (Å²) in [4.78, 5) is 13.6. The lowest BCUT2D eigenvalue weighted by Gasteiger charge is -2.13. The summed E-state index contributed by atoms with van der Waals surface area (Å²) in [5.74, 6) is 1.91. The number of thioether (sulfide) groups is 1. The highest BCUT2D eigenvalue weighted by Crippen LogP contribution is 2.25. The van der Waals surface area contributed by atoms with Crippen LogP contribution in [0.2, 0.25) is 0 Å². The van der Waals surface area contributed by atoms with E-state index < -0.39 is 0 Å². The van der Waals surface area contributed by atoms with Crippen LogP contribution in [0.3, 0.4) is 0 Å². The molecule has 6 heteroatoms. The number of amides is 1. The topological polar surface area (TPSA) is 59.8 Å². The van der Waals surface area contributed by atoms with Gasteiger partial charge in [0.25, 0.3) is 5.91 Å². The van der Waals surface area contributed by atoms with Crippen LogP contribution >= 0.6 is 11.8 Å². The normalized spacial score (nSPS) is 14.0. The molecule has 0 radical (unpaired) electrons. The molecule has 1 aromatic heterocycles. The van der Waals surface area contributed by atoms with E-state index in [1.165, 1.54) is 25.7 Å². The Hall–Kier alpha value is -2.60. The third-order valence-electron chi connectivity index (χ3n) is 5.11. The van der Waals surface area contributed by atoms with Crippen LogP contribution in [0.1, 0.15) is 41.9 Å². The minimum Gasteiger partial charge on any atom is -0.322 e. The lowest BCUT2D eigenvalue weighted by atomic mass is 10.1. The number of nitrogens with zero attached hydrogens (tertiary/aromatic N) is 3. The predicted octanol–water partition coefficient (Wildman–Crippen LogP) is 5.04. The summed E-state index contributed by atoms with van der Waals surface area (Å²) in [6.45, 7) is 0.974. The quantitative estimate of drug-likeness (QED) is 0.632. The van der Waals surface area contributed by atoms with E-state index in [4.69, 9.17) is 0 Å². The van der Waals surface area contributed by atoms with E-state index in [1.807, 2.05) is 54.8 Å². The summed E-state index contributed by atoms with van der Waals surface area (Å²) in [6.07, 6.45) is 7.86. The second kappa shape index (κ2) is 8.61. The molecule has 0 saturated carbocycles. The maximum absolute atomic E-state index is 12.6. The van der Waals surface area contributed by atoms with Crippen molar-refractivity contribution in [2.45, 2.75) is 43.5 Å². The van der Waals surface area contributed by atoms with E-state index in [0.29, 0.717) is 5.56 Å². The number of benzene rings is 2. The fourth-order valence-electron chi connectivity index (χ4n) is 3.61. The van der Waals surface area contributed by atoms with E-state index >= 15 is 0 Å². The molecule has 1 aliphatic rings.